The van der Waals surface area contributed by atoms with Crippen molar-refractivity contribution in [2.45, 2.75) is 0 Å². The van der Waals surface area contributed by atoms with Crippen molar-refractivity contribution in [2.75, 3.05) is 10.6 Å². The van der Waals surface area contributed by atoms with Crippen LogP contribution in [0.5, 0.6) is 0 Å². The third-order valence-corrected chi connectivity index (χ3v) is 2.53. The quantitative estimate of drug-likeness (QED) is 0.645. The van der Waals surface area contributed by atoms with E-state index in [1.807, 2.05) is 54.6 Å². The van der Waals surface area contributed by atoms with Gasteiger partial charge in [0.2, 0.25) is 0 Å². The maximum atomic E-state index is 3.33. The van der Waals surface area contributed by atoms with E-state index in [0.29, 0.717) is 5.33 Å². The molecule has 2 aromatic carbocycles. The molecule has 17 heavy (non-hydrogen) atoms. The minimum atomic E-state index is 0.705. The van der Waals surface area contributed by atoms with Crippen LogP contribution in [0.25, 0.3) is 0 Å². The van der Waals surface area contributed by atoms with Gasteiger partial charge in [0.15, 0.2) is 0 Å². The van der Waals surface area contributed by atoms with Crippen LogP contribution >= 0.6 is 15.9 Å². The minimum Gasteiger partial charge on any atom is -0.356 e. The zero-order chi connectivity index (χ0) is 11.9. The van der Waals surface area contributed by atoms with Gasteiger partial charge in [-0.15, -0.1) is 0 Å². The number of nitrogens with one attached hydrogen (secondary N) is 1. The van der Waals surface area contributed by atoms with E-state index in [1.165, 1.54) is 0 Å². The molecule has 2 heteroatoms. The molecule has 0 amide bonds. The molecule has 0 saturated carbocycles. The van der Waals surface area contributed by atoms with Crippen molar-refractivity contribution in [1.82, 2.24) is 0 Å². The van der Waals surface area contributed by atoms with Crippen LogP contribution in [-0.2, 0) is 0 Å². The Morgan fingerprint density at radius 1 is 0.882 bits per heavy atom. The van der Waals surface area contributed by atoms with Gasteiger partial charge in [0, 0.05) is 16.9 Å². The minimum absolute atomic E-state index is 0.705. The number of alkyl halides is 1. The molecule has 0 atom stereocenters. The molecule has 2 aromatic rings. The van der Waals surface area contributed by atoms with Gasteiger partial charge in [0.25, 0.3) is 0 Å². The summed E-state index contributed by atoms with van der Waals surface area (Å²) in [5, 5.41) is 4.04. The van der Waals surface area contributed by atoms with Crippen molar-refractivity contribution >= 4 is 27.3 Å². The number of anilines is 2. The SMILES string of the molecule is BrCC#Cc1ccc(Nc2ccccc2)cc1. The van der Waals surface area contributed by atoms with E-state index >= 15 is 0 Å². The van der Waals surface area contributed by atoms with E-state index in [9.17, 15) is 0 Å². The van der Waals surface area contributed by atoms with Gasteiger partial charge in [-0.3, -0.25) is 0 Å². The molecule has 0 fully saturated rings. The lowest BCUT2D eigenvalue weighted by Gasteiger charge is -2.05. The van der Waals surface area contributed by atoms with E-state index in [0.717, 1.165) is 16.9 Å². The van der Waals surface area contributed by atoms with E-state index < -0.39 is 0 Å². The number of hydrogen-bond acceptors (Lipinski definition) is 1. The molecule has 1 nitrogen and oxygen atoms in total. The Labute approximate surface area is 110 Å². The highest BCUT2D eigenvalue weighted by Gasteiger charge is 1.93. The van der Waals surface area contributed by atoms with Crippen molar-refractivity contribution in [1.29, 1.82) is 0 Å². The maximum absolute atomic E-state index is 3.33. The van der Waals surface area contributed by atoms with Gasteiger partial charge in [0.05, 0.1) is 5.33 Å². The summed E-state index contributed by atoms with van der Waals surface area (Å²) < 4.78 is 0. The summed E-state index contributed by atoms with van der Waals surface area (Å²) in [5.74, 6) is 6.04. The van der Waals surface area contributed by atoms with Crippen molar-refractivity contribution in [3.8, 4) is 11.8 Å². The van der Waals surface area contributed by atoms with Gasteiger partial charge >= 0.3 is 0 Å². The molecule has 0 aromatic heterocycles. The fraction of sp³-hybridized carbons (Fsp3) is 0.0667. The molecule has 0 unspecified atom stereocenters. The molecule has 0 aliphatic heterocycles. The number of halogens is 1. The Morgan fingerprint density at radius 3 is 2.18 bits per heavy atom. The predicted octanol–water partition coefficient (Wildman–Crippen LogP) is 4.18. The fourth-order valence-corrected chi connectivity index (χ4v) is 1.60. The lowest BCUT2D eigenvalue weighted by atomic mass is 10.2. The highest BCUT2D eigenvalue weighted by molar-refractivity contribution is 9.09. The molecule has 0 aliphatic carbocycles. The Hall–Kier alpha value is -1.72. The van der Waals surface area contributed by atoms with Gasteiger partial charge < -0.3 is 5.32 Å². The van der Waals surface area contributed by atoms with Crippen LogP contribution in [0.1, 0.15) is 5.56 Å². The lowest BCUT2D eigenvalue weighted by Crippen LogP contribution is -1.89. The normalized spacial score (nSPS) is 9.24. The topological polar surface area (TPSA) is 12.0 Å². The van der Waals surface area contributed by atoms with Crippen LogP contribution in [0, 0.1) is 11.8 Å². The van der Waals surface area contributed by atoms with Crippen molar-refractivity contribution in [3.63, 3.8) is 0 Å². The van der Waals surface area contributed by atoms with E-state index in [-0.39, 0.29) is 0 Å². The maximum Gasteiger partial charge on any atom is 0.0649 e. The first-order valence-electron chi connectivity index (χ1n) is 5.35. The van der Waals surface area contributed by atoms with Gasteiger partial charge in [-0.1, -0.05) is 46.0 Å². The molecular formula is C15H12BrN. The summed E-state index contributed by atoms with van der Waals surface area (Å²) >= 11 is 3.28. The molecule has 0 spiro atoms. The second kappa shape index (κ2) is 6.12. The molecule has 0 saturated heterocycles. The first-order chi connectivity index (χ1) is 8.38. The van der Waals surface area contributed by atoms with Crippen molar-refractivity contribution < 1.29 is 0 Å². The highest BCUT2D eigenvalue weighted by Crippen LogP contribution is 2.16. The van der Waals surface area contributed by atoms with Crippen LogP contribution in [0.3, 0.4) is 0 Å². The lowest BCUT2D eigenvalue weighted by molar-refractivity contribution is 1.54. The molecule has 2 rings (SSSR count). The van der Waals surface area contributed by atoms with Crippen LogP contribution in [0.15, 0.2) is 54.6 Å². The average Bonchev–Trinajstić information content (AvgIpc) is 2.39. The summed E-state index contributed by atoms with van der Waals surface area (Å²) in [6.07, 6.45) is 0. The first kappa shape index (κ1) is 11.8. The molecule has 0 aliphatic rings. The Kier molecular flexibility index (Phi) is 4.23. The number of rotatable bonds is 2. The van der Waals surface area contributed by atoms with Gasteiger partial charge in [-0.2, -0.15) is 0 Å². The molecule has 0 radical (unpaired) electrons. The van der Waals surface area contributed by atoms with Crippen LogP contribution < -0.4 is 5.32 Å². The average molecular weight is 286 g/mol. The van der Waals surface area contributed by atoms with Crippen LogP contribution in [0.2, 0.25) is 0 Å². The molecule has 1 N–H and O–H groups in total. The third-order valence-electron chi connectivity index (χ3n) is 2.25. The number of para-hydroxylation sites is 1. The predicted molar refractivity (Wildman–Crippen MR) is 76.8 cm³/mol. The molecule has 84 valence electrons. The summed E-state index contributed by atoms with van der Waals surface area (Å²) in [6.45, 7) is 0. The fourth-order valence-electron chi connectivity index (χ4n) is 1.46. The summed E-state index contributed by atoms with van der Waals surface area (Å²) in [5.41, 5.74) is 3.19. The summed E-state index contributed by atoms with van der Waals surface area (Å²) in [6, 6.07) is 18.2. The largest absolute Gasteiger partial charge is 0.356 e. The summed E-state index contributed by atoms with van der Waals surface area (Å²) in [7, 11) is 0. The van der Waals surface area contributed by atoms with Crippen LogP contribution in [-0.4, -0.2) is 5.33 Å². The number of hydrogen-bond donors (Lipinski definition) is 1. The third kappa shape index (κ3) is 3.65. The van der Waals surface area contributed by atoms with Gasteiger partial charge in [0.1, 0.15) is 0 Å². The van der Waals surface area contributed by atoms with E-state index in [2.05, 4.69) is 33.1 Å². The zero-order valence-corrected chi connectivity index (χ0v) is 10.9. The Bertz CT molecular complexity index is 520. The molecular weight excluding hydrogens is 274 g/mol. The van der Waals surface area contributed by atoms with E-state index in [4.69, 9.17) is 0 Å². The molecule has 0 heterocycles. The standard InChI is InChI=1S/C15H12BrN/c16-12-4-5-13-8-10-15(11-9-13)17-14-6-2-1-3-7-14/h1-3,6-11,17H,12H2. The smallest absolute Gasteiger partial charge is 0.0649 e. The monoisotopic (exact) mass is 285 g/mol. The van der Waals surface area contributed by atoms with Gasteiger partial charge in [-0.25, -0.2) is 0 Å². The first-order valence-corrected chi connectivity index (χ1v) is 6.47. The van der Waals surface area contributed by atoms with Gasteiger partial charge in [-0.05, 0) is 36.4 Å². The summed E-state index contributed by atoms with van der Waals surface area (Å²) in [4.78, 5) is 0. The number of benzene rings is 2. The zero-order valence-electron chi connectivity index (χ0n) is 9.28. The van der Waals surface area contributed by atoms with Crippen LogP contribution in [0.4, 0.5) is 11.4 Å². The second-order valence-corrected chi connectivity index (χ2v) is 4.06. The Morgan fingerprint density at radius 2 is 1.53 bits per heavy atom. The van der Waals surface area contributed by atoms with Crippen molar-refractivity contribution in [3.05, 3.63) is 60.2 Å². The van der Waals surface area contributed by atoms with Crippen molar-refractivity contribution in [2.24, 2.45) is 0 Å². The molecule has 0 bridgehead atoms. The highest BCUT2D eigenvalue weighted by atomic mass is 79.9. The van der Waals surface area contributed by atoms with E-state index in [1.54, 1.807) is 0 Å². The Balaban J connectivity index is 2.08. The second-order valence-electron chi connectivity index (χ2n) is 3.50.